The molecule has 0 aliphatic carbocycles. The predicted molar refractivity (Wildman–Crippen MR) is 71.1 cm³/mol. The van der Waals surface area contributed by atoms with Gasteiger partial charge in [0, 0.05) is 10.6 Å². The van der Waals surface area contributed by atoms with Crippen molar-refractivity contribution >= 4 is 11.6 Å². The van der Waals surface area contributed by atoms with Crippen molar-refractivity contribution < 1.29 is 9.84 Å². The number of ether oxygens (including phenoxy) is 1. The van der Waals surface area contributed by atoms with Crippen molar-refractivity contribution in [1.82, 2.24) is 4.90 Å². The summed E-state index contributed by atoms with van der Waals surface area (Å²) in [7, 11) is 0. The summed E-state index contributed by atoms with van der Waals surface area (Å²) in [5.41, 5.74) is 0.823. The van der Waals surface area contributed by atoms with Crippen LogP contribution in [-0.4, -0.2) is 35.7 Å². The van der Waals surface area contributed by atoms with Gasteiger partial charge in [-0.25, -0.2) is 0 Å². The average Bonchev–Trinajstić information content (AvgIpc) is 2.41. The van der Waals surface area contributed by atoms with Crippen molar-refractivity contribution in [2.24, 2.45) is 0 Å². The Hall–Kier alpha value is -0.770. The highest BCUT2D eigenvalue weighted by Crippen LogP contribution is 2.36. The minimum absolute atomic E-state index is 0.0660. The Kier molecular flexibility index (Phi) is 3.46. The first-order valence-electron chi connectivity index (χ1n) is 6.60. The minimum atomic E-state index is -0.495. The number of halogens is 1. The molecule has 2 aliphatic rings. The van der Waals surface area contributed by atoms with E-state index in [1.165, 1.54) is 19.3 Å². The van der Waals surface area contributed by atoms with E-state index in [2.05, 4.69) is 4.90 Å². The van der Waals surface area contributed by atoms with Crippen LogP contribution in [0.4, 0.5) is 0 Å². The molecular formula is C14H18ClNO2. The third kappa shape index (κ3) is 2.22. The molecule has 0 radical (unpaired) electrons. The van der Waals surface area contributed by atoms with Crippen LogP contribution in [0.3, 0.4) is 0 Å². The Morgan fingerprint density at radius 2 is 2.00 bits per heavy atom. The third-order valence-electron chi connectivity index (χ3n) is 3.92. The molecular weight excluding hydrogens is 250 g/mol. The second-order valence-electron chi connectivity index (χ2n) is 5.10. The van der Waals surface area contributed by atoms with Crippen molar-refractivity contribution in [3.63, 3.8) is 0 Å². The lowest BCUT2D eigenvalue weighted by Crippen LogP contribution is -2.48. The van der Waals surface area contributed by atoms with E-state index >= 15 is 0 Å². The number of nitrogens with zero attached hydrogens (tertiary/aromatic N) is 1. The summed E-state index contributed by atoms with van der Waals surface area (Å²) in [5.74, 6) is 0.764. The largest absolute Gasteiger partial charge is 0.491 e. The molecule has 1 aromatic rings. The molecule has 2 heterocycles. The molecule has 3 nitrogen and oxygen atoms in total. The highest BCUT2D eigenvalue weighted by Gasteiger charge is 2.34. The first-order valence-corrected chi connectivity index (χ1v) is 6.98. The monoisotopic (exact) mass is 267 g/mol. The van der Waals surface area contributed by atoms with E-state index in [0.29, 0.717) is 11.6 Å². The van der Waals surface area contributed by atoms with Gasteiger partial charge in [-0.3, -0.25) is 4.90 Å². The molecule has 2 atom stereocenters. The zero-order chi connectivity index (χ0) is 12.5. The van der Waals surface area contributed by atoms with Crippen LogP contribution in [0.25, 0.3) is 0 Å². The molecule has 0 saturated carbocycles. The summed E-state index contributed by atoms with van der Waals surface area (Å²) in [6.07, 6.45) is 3.23. The average molecular weight is 268 g/mol. The molecule has 3 rings (SSSR count). The van der Waals surface area contributed by atoms with Gasteiger partial charge in [-0.05, 0) is 44.1 Å². The molecule has 1 N–H and O–H groups in total. The van der Waals surface area contributed by atoms with Gasteiger partial charge in [0.15, 0.2) is 0 Å². The normalized spacial score (nSPS) is 28.6. The quantitative estimate of drug-likeness (QED) is 0.849. The number of aliphatic hydroxyl groups excluding tert-OH is 1. The lowest BCUT2D eigenvalue weighted by Gasteiger charge is -2.40. The fourth-order valence-corrected chi connectivity index (χ4v) is 3.09. The van der Waals surface area contributed by atoms with Crippen molar-refractivity contribution in [3.8, 4) is 5.75 Å². The molecule has 0 spiro atoms. The maximum atomic E-state index is 10.5. The number of likely N-dealkylation sites (tertiary alicyclic amines) is 1. The topological polar surface area (TPSA) is 32.7 Å². The molecule has 0 amide bonds. The van der Waals surface area contributed by atoms with Gasteiger partial charge in [-0.15, -0.1) is 0 Å². The van der Waals surface area contributed by atoms with Crippen molar-refractivity contribution in [3.05, 3.63) is 28.8 Å². The fourth-order valence-electron chi connectivity index (χ4n) is 2.91. The molecule has 1 aromatic carbocycles. The number of piperidine rings is 1. The van der Waals surface area contributed by atoms with Crippen molar-refractivity contribution in [1.29, 1.82) is 0 Å². The third-order valence-corrected chi connectivity index (χ3v) is 4.16. The van der Waals surface area contributed by atoms with Gasteiger partial charge in [-0.1, -0.05) is 18.0 Å². The second-order valence-corrected chi connectivity index (χ2v) is 5.54. The summed E-state index contributed by atoms with van der Waals surface area (Å²) < 4.78 is 5.75. The number of aliphatic hydroxyl groups is 1. The second kappa shape index (κ2) is 5.08. The van der Waals surface area contributed by atoms with E-state index in [0.717, 1.165) is 24.4 Å². The number of fused-ring (bicyclic) bond motifs is 1. The standard InChI is InChI=1S/C14H18ClNO2/c15-10-4-5-13-11(8-10)14(17)12(9-18-13)16-6-2-1-3-7-16/h4-5,8,12,14,17H,1-3,6-7,9H2. The van der Waals surface area contributed by atoms with Crippen LogP contribution in [0.5, 0.6) is 5.75 Å². The minimum Gasteiger partial charge on any atom is -0.491 e. The Morgan fingerprint density at radius 3 is 2.78 bits per heavy atom. The van der Waals surface area contributed by atoms with Gasteiger partial charge in [0.1, 0.15) is 18.5 Å². The van der Waals surface area contributed by atoms with Crippen LogP contribution in [-0.2, 0) is 0 Å². The Labute approximate surface area is 112 Å². The van der Waals surface area contributed by atoms with Gasteiger partial charge < -0.3 is 9.84 Å². The van der Waals surface area contributed by atoms with Gasteiger partial charge in [0.25, 0.3) is 0 Å². The van der Waals surface area contributed by atoms with Crippen molar-refractivity contribution in [2.75, 3.05) is 19.7 Å². The van der Waals surface area contributed by atoms with E-state index < -0.39 is 6.10 Å². The van der Waals surface area contributed by atoms with Gasteiger partial charge in [0.05, 0.1) is 6.04 Å². The summed E-state index contributed by atoms with van der Waals surface area (Å²) in [5, 5.41) is 11.2. The number of benzene rings is 1. The maximum Gasteiger partial charge on any atom is 0.125 e. The summed E-state index contributed by atoms with van der Waals surface area (Å²) in [4.78, 5) is 2.35. The molecule has 0 bridgehead atoms. The molecule has 18 heavy (non-hydrogen) atoms. The van der Waals surface area contributed by atoms with Crippen LogP contribution in [0.1, 0.15) is 30.9 Å². The SMILES string of the molecule is OC1c2cc(Cl)ccc2OCC1N1CCCCC1. The van der Waals surface area contributed by atoms with Crippen LogP contribution in [0.2, 0.25) is 5.02 Å². The van der Waals surface area contributed by atoms with Crippen LogP contribution in [0.15, 0.2) is 18.2 Å². The lowest BCUT2D eigenvalue weighted by atomic mass is 9.96. The zero-order valence-electron chi connectivity index (χ0n) is 10.3. The van der Waals surface area contributed by atoms with E-state index in [-0.39, 0.29) is 6.04 Å². The number of rotatable bonds is 1. The van der Waals surface area contributed by atoms with Gasteiger partial charge in [0.2, 0.25) is 0 Å². The summed E-state index contributed by atoms with van der Waals surface area (Å²) in [6, 6.07) is 5.52. The van der Waals surface area contributed by atoms with E-state index in [4.69, 9.17) is 16.3 Å². The molecule has 2 aliphatic heterocycles. The van der Waals surface area contributed by atoms with Gasteiger partial charge >= 0.3 is 0 Å². The predicted octanol–water partition coefficient (Wildman–Crippen LogP) is 2.62. The Bertz CT molecular complexity index is 432. The van der Waals surface area contributed by atoms with E-state index in [9.17, 15) is 5.11 Å². The lowest BCUT2D eigenvalue weighted by molar-refractivity contribution is -0.00433. The smallest absolute Gasteiger partial charge is 0.125 e. The zero-order valence-corrected chi connectivity index (χ0v) is 11.1. The van der Waals surface area contributed by atoms with Crippen LogP contribution >= 0.6 is 11.6 Å². The van der Waals surface area contributed by atoms with E-state index in [1.807, 2.05) is 12.1 Å². The highest BCUT2D eigenvalue weighted by atomic mass is 35.5. The first-order chi connectivity index (χ1) is 8.75. The number of hydrogen-bond acceptors (Lipinski definition) is 3. The first kappa shape index (κ1) is 12.3. The van der Waals surface area contributed by atoms with Crippen molar-refractivity contribution in [2.45, 2.75) is 31.4 Å². The molecule has 0 aromatic heterocycles. The Balaban J connectivity index is 1.83. The molecule has 4 heteroatoms. The molecule has 1 saturated heterocycles. The highest BCUT2D eigenvalue weighted by molar-refractivity contribution is 6.30. The summed E-state index contributed by atoms with van der Waals surface area (Å²) in [6.45, 7) is 2.68. The van der Waals surface area contributed by atoms with Gasteiger partial charge in [-0.2, -0.15) is 0 Å². The Morgan fingerprint density at radius 1 is 1.22 bits per heavy atom. The van der Waals surface area contributed by atoms with E-state index in [1.54, 1.807) is 6.07 Å². The maximum absolute atomic E-state index is 10.5. The van der Waals surface area contributed by atoms with Crippen LogP contribution < -0.4 is 4.74 Å². The molecule has 1 fully saturated rings. The number of hydrogen-bond donors (Lipinski definition) is 1. The van der Waals surface area contributed by atoms with Crippen LogP contribution in [0, 0.1) is 0 Å². The fraction of sp³-hybridized carbons (Fsp3) is 0.571. The summed E-state index contributed by atoms with van der Waals surface area (Å²) >= 11 is 6.00. The molecule has 98 valence electrons. The molecule has 2 unspecified atom stereocenters.